The minimum atomic E-state index is 0.600. The van der Waals surface area contributed by atoms with E-state index in [1.165, 1.54) is 18.1 Å². The summed E-state index contributed by atoms with van der Waals surface area (Å²) >= 11 is 1.54. The van der Waals surface area contributed by atoms with Crippen molar-refractivity contribution in [1.29, 1.82) is 0 Å². The van der Waals surface area contributed by atoms with Crippen LogP contribution < -0.4 is 11.1 Å². The summed E-state index contributed by atoms with van der Waals surface area (Å²) in [4.78, 5) is 9.42. The van der Waals surface area contributed by atoms with Crippen LogP contribution >= 0.6 is 11.8 Å². The second-order valence-corrected chi connectivity index (χ2v) is 4.45. The van der Waals surface area contributed by atoms with E-state index in [9.17, 15) is 0 Å². The van der Waals surface area contributed by atoms with Crippen molar-refractivity contribution in [3.63, 3.8) is 0 Å². The molecule has 4 nitrogen and oxygen atoms in total. The normalized spacial score (nSPS) is 10.2. The first-order valence-electron chi connectivity index (χ1n) is 5.38. The molecule has 2 rings (SSSR count). The van der Waals surface area contributed by atoms with Crippen molar-refractivity contribution in [3.05, 3.63) is 36.7 Å². The van der Waals surface area contributed by atoms with Gasteiger partial charge in [-0.2, -0.15) is 0 Å². The van der Waals surface area contributed by atoms with Crippen LogP contribution in [-0.4, -0.2) is 16.5 Å². The lowest BCUT2D eigenvalue weighted by molar-refractivity contribution is 1.04. The number of rotatable bonds is 4. The summed E-state index contributed by atoms with van der Waals surface area (Å²) in [6, 6.07) is 10.0. The van der Waals surface area contributed by atoms with Gasteiger partial charge in [0.15, 0.2) is 5.82 Å². The Bertz CT molecular complexity index is 487. The van der Waals surface area contributed by atoms with Crippen molar-refractivity contribution in [3.8, 4) is 0 Å². The van der Waals surface area contributed by atoms with Gasteiger partial charge < -0.3 is 11.1 Å². The second kappa shape index (κ2) is 5.54. The van der Waals surface area contributed by atoms with Crippen LogP contribution in [0.2, 0.25) is 0 Å². The Morgan fingerprint density at radius 3 is 2.71 bits per heavy atom. The molecule has 0 amide bonds. The summed E-state index contributed by atoms with van der Waals surface area (Å²) < 4.78 is 0. The van der Waals surface area contributed by atoms with Crippen LogP contribution in [0.1, 0.15) is 6.92 Å². The fourth-order valence-corrected chi connectivity index (χ4v) is 2.19. The molecule has 2 aromatic rings. The average molecular weight is 246 g/mol. The van der Waals surface area contributed by atoms with Gasteiger partial charge >= 0.3 is 0 Å². The van der Waals surface area contributed by atoms with E-state index >= 15 is 0 Å². The molecule has 1 aromatic heterocycles. The molecule has 0 aliphatic carbocycles. The number of nitrogens with one attached hydrogen (secondary N) is 1. The minimum Gasteiger partial charge on any atom is -0.394 e. The first-order chi connectivity index (χ1) is 8.31. The third-order valence-electron chi connectivity index (χ3n) is 2.15. The predicted molar refractivity (Wildman–Crippen MR) is 71.2 cm³/mol. The number of nitrogens with zero attached hydrogens (tertiary/aromatic N) is 2. The molecular weight excluding hydrogens is 232 g/mol. The standard InChI is InChI=1S/C12H14N4S/c1-2-14-11-10(13)12(16-8-15-11)17-9-6-4-3-5-7-9/h3-8H,2,13H2,1H3,(H,14,15,16). The highest BCUT2D eigenvalue weighted by atomic mass is 32.2. The summed E-state index contributed by atoms with van der Waals surface area (Å²) in [5.74, 6) is 0.695. The van der Waals surface area contributed by atoms with Crippen LogP contribution in [0.4, 0.5) is 11.5 Å². The Balaban J connectivity index is 2.24. The first-order valence-corrected chi connectivity index (χ1v) is 6.20. The summed E-state index contributed by atoms with van der Waals surface area (Å²) in [5.41, 5.74) is 6.61. The second-order valence-electron chi connectivity index (χ2n) is 3.39. The molecule has 88 valence electrons. The monoisotopic (exact) mass is 246 g/mol. The van der Waals surface area contributed by atoms with Crippen LogP contribution in [0, 0.1) is 0 Å². The van der Waals surface area contributed by atoms with E-state index in [2.05, 4.69) is 15.3 Å². The molecule has 0 bridgehead atoms. The van der Waals surface area contributed by atoms with Crippen LogP contribution in [0.25, 0.3) is 0 Å². The van der Waals surface area contributed by atoms with Gasteiger partial charge in [-0.1, -0.05) is 30.0 Å². The average Bonchev–Trinajstić information content (AvgIpc) is 2.36. The van der Waals surface area contributed by atoms with Crippen molar-refractivity contribution in [1.82, 2.24) is 9.97 Å². The highest BCUT2D eigenvalue weighted by Gasteiger charge is 2.08. The zero-order valence-electron chi connectivity index (χ0n) is 9.55. The maximum atomic E-state index is 6.01. The summed E-state index contributed by atoms with van der Waals surface area (Å²) in [6.45, 7) is 2.79. The Morgan fingerprint density at radius 2 is 2.00 bits per heavy atom. The summed E-state index contributed by atoms with van der Waals surface area (Å²) in [6.07, 6.45) is 1.53. The molecule has 3 N–H and O–H groups in total. The fraction of sp³-hybridized carbons (Fsp3) is 0.167. The van der Waals surface area contributed by atoms with Crippen molar-refractivity contribution >= 4 is 23.3 Å². The highest BCUT2D eigenvalue weighted by molar-refractivity contribution is 7.99. The lowest BCUT2D eigenvalue weighted by atomic mass is 10.4. The van der Waals surface area contributed by atoms with Crippen LogP contribution in [0.15, 0.2) is 46.6 Å². The molecule has 0 fully saturated rings. The minimum absolute atomic E-state index is 0.600. The van der Waals surface area contributed by atoms with Crippen LogP contribution in [-0.2, 0) is 0 Å². The molecule has 0 saturated carbocycles. The van der Waals surface area contributed by atoms with Crippen LogP contribution in [0.5, 0.6) is 0 Å². The Labute approximate surface area is 105 Å². The molecule has 0 spiro atoms. The highest BCUT2D eigenvalue weighted by Crippen LogP contribution is 2.32. The van der Waals surface area contributed by atoms with Gasteiger partial charge in [0.2, 0.25) is 0 Å². The first kappa shape index (κ1) is 11.7. The van der Waals surface area contributed by atoms with Crippen molar-refractivity contribution < 1.29 is 0 Å². The number of nitrogen functional groups attached to an aromatic ring is 1. The molecule has 0 unspecified atom stereocenters. The van der Waals surface area contributed by atoms with E-state index in [1.54, 1.807) is 0 Å². The molecule has 17 heavy (non-hydrogen) atoms. The Kier molecular flexibility index (Phi) is 3.82. The zero-order valence-corrected chi connectivity index (χ0v) is 10.4. The SMILES string of the molecule is CCNc1ncnc(Sc2ccccc2)c1N. The number of aromatic nitrogens is 2. The van der Waals surface area contributed by atoms with Crippen LogP contribution in [0.3, 0.4) is 0 Å². The molecule has 1 aromatic carbocycles. The molecule has 0 aliphatic rings. The van der Waals surface area contributed by atoms with Crippen molar-refractivity contribution in [2.75, 3.05) is 17.6 Å². The largest absolute Gasteiger partial charge is 0.394 e. The van der Waals surface area contributed by atoms with Gasteiger partial charge in [-0.05, 0) is 19.1 Å². The van der Waals surface area contributed by atoms with E-state index in [-0.39, 0.29) is 0 Å². The van der Waals surface area contributed by atoms with Gasteiger partial charge in [0, 0.05) is 11.4 Å². The number of hydrogen-bond donors (Lipinski definition) is 2. The van der Waals surface area contributed by atoms with Crippen molar-refractivity contribution in [2.24, 2.45) is 0 Å². The Morgan fingerprint density at radius 1 is 1.24 bits per heavy atom. The lowest BCUT2D eigenvalue weighted by Gasteiger charge is -2.09. The molecular formula is C12H14N4S. The number of nitrogens with two attached hydrogens (primary N) is 1. The predicted octanol–water partition coefficient (Wildman–Crippen LogP) is 2.64. The van der Waals surface area contributed by atoms with Gasteiger partial charge in [-0.3, -0.25) is 0 Å². The molecule has 1 heterocycles. The van der Waals surface area contributed by atoms with Gasteiger partial charge in [-0.15, -0.1) is 0 Å². The summed E-state index contributed by atoms with van der Waals surface area (Å²) in [7, 11) is 0. The van der Waals surface area contributed by atoms with Crippen molar-refractivity contribution in [2.45, 2.75) is 16.8 Å². The van der Waals surface area contributed by atoms with Gasteiger partial charge in [0.1, 0.15) is 17.0 Å². The number of anilines is 2. The van der Waals surface area contributed by atoms with Gasteiger partial charge in [-0.25, -0.2) is 9.97 Å². The maximum absolute atomic E-state index is 6.01. The van der Waals surface area contributed by atoms with E-state index < -0.39 is 0 Å². The van der Waals surface area contributed by atoms with E-state index in [4.69, 9.17) is 5.73 Å². The fourth-order valence-electron chi connectivity index (χ4n) is 1.37. The topological polar surface area (TPSA) is 63.8 Å². The van der Waals surface area contributed by atoms with Gasteiger partial charge in [0.05, 0.1) is 0 Å². The number of benzene rings is 1. The third-order valence-corrected chi connectivity index (χ3v) is 3.18. The Hall–Kier alpha value is -1.75. The third kappa shape index (κ3) is 2.88. The quantitative estimate of drug-likeness (QED) is 0.812. The van der Waals surface area contributed by atoms with E-state index in [0.717, 1.165) is 16.5 Å². The number of hydrogen-bond acceptors (Lipinski definition) is 5. The maximum Gasteiger partial charge on any atom is 0.153 e. The molecule has 0 radical (unpaired) electrons. The molecule has 0 aliphatic heterocycles. The molecule has 5 heteroatoms. The molecule has 0 saturated heterocycles. The molecule has 0 atom stereocenters. The summed E-state index contributed by atoms with van der Waals surface area (Å²) in [5, 5.41) is 3.89. The smallest absolute Gasteiger partial charge is 0.153 e. The zero-order chi connectivity index (χ0) is 12.1. The van der Waals surface area contributed by atoms with Gasteiger partial charge in [0.25, 0.3) is 0 Å². The lowest BCUT2D eigenvalue weighted by Crippen LogP contribution is -2.05. The van der Waals surface area contributed by atoms with E-state index in [1.807, 2.05) is 37.3 Å². The van der Waals surface area contributed by atoms with E-state index in [0.29, 0.717) is 11.5 Å².